The zero-order chi connectivity index (χ0) is 21.0. The molecular formula is C22H29N3O3S. The van der Waals surface area contributed by atoms with E-state index in [9.17, 15) is 13.2 Å². The molecule has 2 N–H and O–H groups in total. The maximum absolute atomic E-state index is 12.3. The average Bonchev–Trinajstić information content (AvgIpc) is 2.72. The van der Waals surface area contributed by atoms with Crippen molar-refractivity contribution in [2.45, 2.75) is 39.7 Å². The summed E-state index contributed by atoms with van der Waals surface area (Å²) in [6.45, 7) is 6.94. The largest absolute Gasteiger partial charge is 0.376 e. The molecule has 0 bridgehead atoms. The first-order chi connectivity index (χ1) is 13.8. The molecule has 0 radical (unpaired) electrons. The average molecular weight is 416 g/mol. The molecule has 0 spiro atoms. The van der Waals surface area contributed by atoms with E-state index in [4.69, 9.17) is 0 Å². The summed E-state index contributed by atoms with van der Waals surface area (Å²) in [5.74, 6) is 0.443. The lowest BCUT2D eigenvalue weighted by atomic mass is 9.99. The molecule has 0 atom stereocenters. The summed E-state index contributed by atoms with van der Waals surface area (Å²) in [5, 5.41) is 6.11. The van der Waals surface area contributed by atoms with E-state index in [0.717, 1.165) is 22.5 Å². The lowest BCUT2D eigenvalue weighted by Crippen LogP contribution is -2.37. The van der Waals surface area contributed by atoms with Crippen LogP contribution < -0.4 is 10.6 Å². The van der Waals surface area contributed by atoms with E-state index in [-0.39, 0.29) is 18.2 Å². The number of nitrogens with one attached hydrogen (secondary N) is 2. The number of fused-ring (bicyclic) bond motifs is 1. The van der Waals surface area contributed by atoms with Crippen LogP contribution in [-0.4, -0.2) is 37.5 Å². The first-order valence-electron chi connectivity index (χ1n) is 10.0. The lowest BCUT2D eigenvalue weighted by molar-refractivity contribution is -0.114. The van der Waals surface area contributed by atoms with Gasteiger partial charge in [0.2, 0.25) is 15.9 Å². The molecule has 1 heterocycles. The van der Waals surface area contributed by atoms with Crippen molar-refractivity contribution in [1.82, 2.24) is 4.31 Å². The van der Waals surface area contributed by atoms with Gasteiger partial charge >= 0.3 is 0 Å². The van der Waals surface area contributed by atoms with E-state index in [1.807, 2.05) is 42.5 Å². The Kier molecular flexibility index (Phi) is 6.59. The molecule has 0 aromatic heterocycles. The molecule has 0 saturated carbocycles. The van der Waals surface area contributed by atoms with Crippen LogP contribution in [0.1, 0.15) is 43.4 Å². The molecule has 7 heteroatoms. The van der Waals surface area contributed by atoms with Gasteiger partial charge in [0.15, 0.2) is 0 Å². The van der Waals surface area contributed by atoms with Gasteiger partial charge in [0, 0.05) is 24.5 Å². The Bertz CT molecular complexity index is 969. The molecule has 1 aliphatic heterocycles. The minimum absolute atomic E-state index is 0.110. The fourth-order valence-electron chi connectivity index (χ4n) is 3.50. The summed E-state index contributed by atoms with van der Waals surface area (Å²) in [6, 6.07) is 13.7. The molecule has 1 aliphatic rings. The third-order valence-electron chi connectivity index (χ3n) is 5.29. The Balaban J connectivity index is 1.62. The minimum Gasteiger partial charge on any atom is -0.376 e. The van der Waals surface area contributed by atoms with Crippen molar-refractivity contribution in [3.05, 3.63) is 59.2 Å². The molecule has 1 amide bonds. The predicted octanol–water partition coefficient (Wildman–Crippen LogP) is 3.57. The number of nitrogens with zero attached hydrogens (tertiary/aromatic N) is 1. The van der Waals surface area contributed by atoms with Crippen molar-refractivity contribution >= 4 is 27.3 Å². The second-order valence-electron chi connectivity index (χ2n) is 7.61. The zero-order valence-corrected chi connectivity index (χ0v) is 18.1. The number of hydrogen-bond donors (Lipinski definition) is 2. The Morgan fingerprint density at radius 2 is 1.86 bits per heavy atom. The van der Waals surface area contributed by atoms with Gasteiger partial charge in [0.05, 0.1) is 12.3 Å². The van der Waals surface area contributed by atoms with Gasteiger partial charge in [0.25, 0.3) is 0 Å². The normalized spacial score (nSPS) is 14.5. The van der Waals surface area contributed by atoms with E-state index >= 15 is 0 Å². The second kappa shape index (κ2) is 8.97. The van der Waals surface area contributed by atoms with Crippen LogP contribution in [0.25, 0.3) is 0 Å². The van der Waals surface area contributed by atoms with Gasteiger partial charge < -0.3 is 10.6 Å². The summed E-state index contributed by atoms with van der Waals surface area (Å²) >= 11 is 0. The number of sulfonamides is 1. The van der Waals surface area contributed by atoms with Gasteiger partial charge in [0.1, 0.15) is 0 Å². The number of benzene rings is 2. The van der Waals surface area contributed by atoms with Crippen molar-refractivity contribution in [3.63, 3.8) is 0 Å². The Labute approximate surface area is 173 Å². The Morgan fingerprint density at radius 3 is 2.52 bits per heavy atom. The quantitative estimate of drug-likeness (QED) is 0.725. The van der Waals surface area contributed by atoms with E-state index in [1.54, 1.807) is 6.92 Å². The summed E-state index contributed by atoms with van der Waals surface area (Å²) in [6.07, 6.45) is 0.635. The van der Waals surface area contributed by atoms with Crippen molar-refractivity contribution < 1.29 is 13.2 Å². The zero-order valence-electron chi connectivity index (χ0n) is 17.2. The molecule has 3 rings (SSSR count). The highest BCUT2D eigenvalue weighted by molar-refractivity contribution is 7.89. The predicted molar refractivity (Wildman–Crippen MR) is 118 cm³/mol. The third kappa shape index (κ3) is 5.16. The van der Waals surface area contributed by atoms with Crippen LogP contribution >= 0.6 is 0 Å². The summed E-state index contributed by atoms with van der Waals surface area (Å²) < 4.78 is 25.8. The molecule has 156 valence electrons. The van der Waals surface area contributed by atoms with Crippen LogP contribution in [0.3, 0.4) is 0 Å². The van der Waals surface area contributed by atoms with Crippen molar-refractivity contribution in [2.75, 3.05) is 29.5 Å². The Morgan fingerprint density at radius 1 is 1.14 bits per heavy atom. The molecule has 6 nitrogen and oxygen atoms in total. The number of amides is 1. The number of rotatable bonds is 7. The molecule has 0 fully saturated rings. The van der Waals surface area contributed by atoms with Crippen LogP contribution in [0.4, 0.5) is 11.4 Å². The van der Waals surface area contributed by atoms with E-state index < -0.39 is 10.0 Å². The molecule has 2 aromatic rings. The molecule has 29 heavy (non-hydrogen) atoms. The summed E-state index contributed by atoms with van der Waals surface area (Å²) in [4.78, 5) is 12.3. The second-order valence-corrected chi connectivity index (χ2v) is 9.86. The summed E-state index contributed by atoms with van der Waals surface area (Å²) in [7, 11) is -3.20. The van der Waals surface area contributed by atoms with Gasteiger partial charge in [-0.3, -0.25) is 4.79 Å². The monoisotopic (exact) mass is 415 g/mol. The van der Waals surface area contributed by atoms with E-state index in [2.05, 4.69) is 24.5 Å². The first-order valence-corrected chi connectivity index (χ1v) is 11.6. The third-order valence-corrected chi connectivity index (χ3v) is 7.12. The van der Waals surface area contributed by atoms with E-state index in [1.165, 1.54) is 9.87 Å². The number of hydrogen-bond acceptors (Lipinski definition) is 4. The van der Waals surface area contributed by atoms with Gasteiger partial charge in [-0.15, -0.1) is 0 Å². The van der Waals surface area contributed by atoms with E-state index in [0.29, 0.717) is 25.4 Å². The van der Waals surface area contributed by atoms with Crippen LogP contribution in [0.5, 0.6) is 0 Å². The number of anilines is 2. The highest BCUT2D eigenvalue weighted by Crippen LogP contribution is 2.27. The minimum atomic E-state index is -3.20. The smallest absolute Gasteiger partial charge is 0.243 e. The lowest BCUT2D eigenvalue weighted by Gasteiger charge is -2.29. The van der Waals surface area contributed by atoms with Crippen molar-refractivity contribution in [3.8, 4) is 0 Å². The molecule has 0 saturated heterocycles. The van der Waals surface area contributed by atoms with Crippen LogP contribution in [-0.2, 0) is 27.8 Å². The number of carbonyl (C=O) groups is 1. The fraction of sp³-hybridized carbons (Fsp3) is 0.409. The van der Waals surface area contributed by atoms with Crippen molar-refractivity contribution in [2.24, 2.45) is 0 Å². The standard InChI is InChI=1S/C22H29N3O3S/c1-4-29(27,28)25-13-12-20-18(15-25)6-5-7-21(20)23-14-22(26)24-19-10-8-17(9-11-19)16(2)3/h5-11,16,23H,4,12-15H2,1-3H3,(H,24,26). The summed E-state index contributed by atoms with van der Waals surface area (Å²) in [5.41, 5.74) is 4.97. The van der Waals surface area contributed by atoms with Gasteiger partial charge in [-0.05, 0) is 54.2 Å². The fourth-order valence-corrected chi connectivity index (χ4v) is 4.57. The molecule has 0 aliphatic carbocycles. The highest BCUT2D eigenvalue weighted by atomic mass is 32.2. The SMILES string of the molecule is CCS(=O)(=O)N1CCc2c(cccc2NCC(=O)Nc2ccc(C(C)C)cc2)C1. The maximum atomic E-state index is 12.3. The van der Waals surface area contributed by atoms with Crippen LogP contribution in [0.15, 0.2) is 42.5 Å². The van der Waals surface area contributed by atoms with Crippen molar-refractivity contribution in [1.29, 1.82) is 0 Å². The van der Waals surface area contributed by atoms with Gasteiger partial charge in [-0.1, -0.05) is 38.1 Å². The molecule has 2 aromatic carbocycles. The highest BCUT2D eigenvalue weighted by Gasteiger charge is 2.26. The molecular weight excluding hydrogens is 386 g/mol. The topological polar surface area (TPSA) is 78.5 Å². The first kappa shape index (κ1) is 21.3. The number of carbonyl (C=O) groups excluding carboxylic acids is 1. The Hall–Kier alpha value is -2.38. The van der Waals surface area contributed by atoms with Crippen LogP contribution in [0, 0.1) is 0 Å². The van der Waals surface area contributed by atoms with Gasteiger partial charge in [-0.25, -0.2) is 8.42 Å². The maximum Gasteiger partial charge on any atom is 0.243 e. The molecule has 0 unspecified atom stereocenters. The van der Waals surface area contributed by atoms with Gasteiger partial charge in [-0.2, -0.15) is 4.31 Å². The van der Waals surface area contributed by atoms with Crippen LogP contribution in [0.2, 0.25) is 0 Å².